The summed E-state index contributed by atoms with van der Waals surface area (Å²) in [5, 5.41) is -0.292. The summed E-state index contributed by atoms with van der Waals surface area (Å²) in [7, 11) is 1.50. The molecule has 0 bridgehead atoms. The van der Waals surface area contributed by atoms with E-state index in [0.29, 0.717) is 18.3 Å². The van der Waals surface area contributed by atoms with Gasteiger partial charge in [0.1, 0.15) is 11.6 Å². The molecular formula is C27H29ClF2N2O3. The lowest BCUT2D eigenvalue weighted by Gasteiger charge is -2.32. The first kappa shape index (κ1) is 26.6. The highest BCUT2D eigenvalue weighted by Crippen LogP contribution is 2.56. The van der Waals surface area contributed by atoms with Crippen molar-refractivity contribution in [1.82, 2.24) is 0 Å². The molecule has 4 N–H and O–H groups in total. The second-order valence-corrected chi connectivity index (χ2v) is 8.43. The summed E-state index contributed by atoms with van der Waals surface area (Å²) in [4.78, 5) is 11.9. The maximum absolute atomic E-state index is 15.7. The summed E-state index contributed by atoms with van der Waals surface area (Å²) < 4.78 is 42.5. The zero-order chi connectivity index (χ0) is 25.8. The molecule has 4 rings (SSSR count). The Morgan fingerprint density at radius 3 is 2.43 bits per heavy atom. The molecule has 35 heavy (non-hydrogen) atoms. The Kier molecular flexibility index (Phi) is 8.48. The molecule has 0 amide bonds. The van der Waals surface area contributed by atoms with Crippen LogP contribution in [0.15, 0.2) is 48.5 Å². The molecular weight excluding hydrogens is 474 g/mol. The highest BCUT2D eigenvalue weighted by Gasteiger charge is 2.49. The van der Waals surface area contributed by atoms with E-state index in [4.69, 9.17) is 26.8 Å². The minimum Gasteiger partial charge on any atom is -0.491 e. The molecule has 0 unspecified atom stereocenters. The number of rotatable bonds is 7. The average molecular weight is 503 g/mol. The van der Waals surface area contributed by atoms with Gasteiger partial charge in [-0.3, -0.25) is 4.79 Å². The largest absolute Gasteiger partial charge is 0.491 e. The number of carbonyl (C=O) groups is 1. The van der Waals surface area contributed by atoms with Crippen LogP contribution in [0.3, 0.4) is 0 Å². The van der Waals surface area contributed by atoms with Crippen LogP contribution in [-0.2, 0) is 5.60 Å². The number of halogens is 3. The van der Waals surface area contributed by atoms with Gasteiger partial charge in [0, 0.05) is 40.8 Å². The molecule has 3 aromatic carbocycles. The van der Waals surface area contributed by atoms with Gasteiger partial charge in [-0.2, -0.15) is 0 Å². The second-order valence-electron chi connectivity index (χ2n) is 8.05. The van der Waals surface area contributed by atoms with E-state index in [1.165, 1.54) is 25.2 Å². The summed E-state index contributed by atoms with van der Waals surface area (Å²) in [5.41, 5.74) is 11.0. The SMILES string of the molecule is CCCOc1ccc(C=O)c(-c2c(Cl)c(F)cc3c2[C@H](C)[C@@](CN)(c2ccccc2)O3)c1F.CN. The monoisotopic (exact) mass is 502 g/mol. The number of carbonyl (C=O) groups excluding carboxylic acids is 1. The highest BCUT2D eigenvalue weighted by atomic mass is 35.5. The Labute approximate surface area is 209 Å². The number of ether oxygens (including phenoxy) is 2. The van der Waals surface area contributed by atoms with Gasteiger partial charge in [0.25, 0.3) is 0 Å². The van der Waals surface area contributed by atoms with Gasteiger partial charge in [-0.25, -0.2) is 8.78 Å². The second kappa shape index (κ2) is 11.2. The van der Waals surface area contributed by atoms with Crippen molar-refractivity contribution >= 4 is 17.9 Å². The lowest BCUT2D eigenvalue weighted by Crippen LogP contribution is -2.41. The lowest BCUT2D eigenvalue weighted by atomic mass is 9.77. The van der Waals surface area contributed by atoms with Crippen LogP contribution >= 0.6 is 11.6 Å². The third-order valence-corrected chi connectivity index (χ3v) is 6.56. The van der Waals surface area contributed by atoms with Crippen molar-refractivity contribution in [2.75, 3.05) is 20.2 Å². The van der Waals surface area contributed by atoms with Crippen LogP contribution in [0.1, 0.15) is 47.7 Å². The predicted molar refractivity (Wildman–Crippen MR) is 134 cm³/mol. The topological polar surface area (TPSA) is 87.6 Å². The standard InChI is InChI=1S/C26H24ClF2NO3.CH5N/c1-3-11-32-19-10-9-16(13-31)22(25(19)29)23-21-15(2)26(14-30,17-7-5-4-6-8-17)33-20(21)12-18(28)24(23)27;1-2/h4-10,12-13,15H,3,11,14,30H2,1-2H3;2H2,1H3/t15-,26-;/m0./s1. The molecule has 2 atom stereocenters. The molecule has 5 nitrogen and oxygen atoms in total. The Balaban J connectivity index is 0.00000167. The van der Waals surface area contributed by atoms with Crippen molar-refractivity contribution < 1.29 is 23.0 Å². The third-order valence-electron chi connectivity index (χ3n) is 6.19. The predicted octanol–water partition coefficient (Wildman–Crippen LogP) is 5.81. The first-order valence-electron chi connectivity index (χ1n) is 11.3. The number of hydrogen-bond acceptors (Lipinski definition) is 5. The van der Waals surface area contributed by atoms with Gasteiger partial charge in [-0.1, -0.05) is 55.8 Å². The third kappa shape index (κ3) is 4.51. The molecule has 186 valence electrons. The number of nitrogens with two attached hydrogens (primary N) is 2. The van der Waals surface area contributed by atoms with Crippen molar-refractivity contribution in [2.24, 2.45) is 11.5 Å². The van der Waals surface area contributed by atoms with Crippen LogP contribution in [0.4, 0.5) is 8.78 Å². The summed E-state index contributed by atoms with van der Waals surface area (Å²) in [6.07, 6.45) is 1.19. The molecule has 0 spiro atoms. The van der Waals surface area contributed by atoms with Gasteiger partial charge in [0.05, 0.1) is 11.6 Å². The van der Waals surface area contributed by atoms with Crippen LogP contribution in [-0.4, -0.2) is 26.5 Å². The minimum atomic E-state index is -1.01. The molecule has 8 heteroatoms. The van der Waals surface area contributed by atoms with Gasteiger partial charge in [0.2, 0.25) is 0 Å². The molecule has 1 heterocycles. The van der Waals surface area contributed by atoms with Crippen molar-refractivity contribution in [1.29, 1.82) is 0 Å². The van der Waals surface area contributed by atoms with Crippen molar-refractivity contribution in [3.63, 3.8) is 0 Å². The summed E-state index contributed by atoms with van der Waals surface area (Å²) in [6.45, 7) is 4.15. The highest BCUT2D eigenvalue weighted by molar-refractivity contribution is 6.34. The van der Waals surface area contributed by atoms with Gasteiger partial charge < -0.3 is 20.9 Å². The Bertz CT molecular complexity index is 1210. The Morgan fingerprint density at radius 2 is 1.83 bits per heavy atom. The summed E-state index contributed by atoms with van der Waals surface area (Å²) >= 11 is 6.43. The van der Waals surface area contributed by atoms with Crippen molar-refractivity contribution in [3.8, 4) is 22.6 Å². The smallest absolute Gasteiger partial charge is 0.173 e. The van der Waals surface area contributed by atoms with Gasteiger partial charge in [-0.05, 0) is 31.2 Å². The van der Waals surface area contributed by atoms with E-state index in [9.17, 15) is 9.18 Å². The number of benzene rings is 3. The first-order valence-corrected chi connectivity index (χ1v) is 11.7. The molecule has 3 aromatic rings. The van der Waals surface area contributed by atoms with E-state index in [2.05, 4.69) is 5.73 Å². The maximum atomic E-state index is 15.7. The maximum Gasteiger partial charge on any atom is 0.173 e. The van der Waals surface area contributed by atoms with E-state index >= 15 is 4.39 Å². The molecule has 1 aliphatic rings. The fourth-order valence-electron chi connectivity index (χ4n) is 4.51. The normalized spacial score (nSPS) is 18.2. The van der Waals surface area contributed by atoms with E-state index in [1.807, 2.05) is 44.2 Å². The van der Waals surface area contributed by atoms with Crippen molar-refractivity contribution in [2.45, 2.75) is 31.8 Å². The van der Waals surface area contributed by atoms with E-state index in [0.717, 1.165) is 5.56 Å². The van der Waals surface area contributed by atoms with Gasteiger partial charge in [-0.15, -0.1) is 0 Å². The number of aldehydes is 1. The molecule has 0 saturated carbocycles. The molecule has 1 aliphatic heterocycles. The lowest BCUT2D eigenvalue weighted by molar-refractivity contribution is 0.0800. The zero-order valence-electron chi connectivity index (χ0n) is 19.9. The number of hydrogen-bond donors (Lipinski definition) is 2. The Hall–Kier alpha value is -3.00. The Morgan fingerprint density at radius 1 is 1.14 bits per heavy atom. The van der Waals surface area contributed by atoms with Crippen molar-refractivity contribution in [3.05, 3.63) is 81.9 Å². The minimum absolute atomic E-state index is 0.0307. The molecule has 0 radical (unpaired) electrons. The van der Waals surface area contributed by atoms with Gasteiger partial charge in [0.15, 0.2) is 23.5 Å². The molecule has 0 aromatic heterocycles. The zero-order valence-corrected chi connectivity index (χ0v) is 20.7. The fraction of sp³-hybridized carbons (Fsp3) is 0.296. The van der Waals surface area contributed by atoms with Crippen LogP contribution in [0.2, 0.25) is 5.02 Å². The molecule has 0 fully saturated rings. The van der Waals surface area contributed by atoms with E-state index in [1.54, 1.807) is 0 Å². The average Bonchev–Trinajstić information content (AvgIpc) is 3.18. The molecule has 0 aliphatic carbocycles. The van der Waals surface area contributed by atoms with Crippen LogP contribution in [0.25, 0.3) is 11.1 Å². The van der Waals surface area contributed by atoms with Crippen LogP contribution < -0.4 is 20.9 Å². The summed E-state index contributed by atoms with van der Waals surface area (Å²) in [6, 6.07) is 13.4. The van der Waals surface area contributed by atoms with Crippen LogP contribution in [0.5, 0.6) is 11.5 Å². The van der Waals surface area contributed by atoms with E-state index < -0.39 is 23.2 Å². The quantitative estimate of drug-likeness (QED) is 0.398. The van der Waals surface area contributed by atoms with Gasteiger partial charge >= 0.3 is 0 Å². The number of fused-ring (bicyclic) bond motifs is 1. The summed E-state index contributed by atoms with van der Waals surface area (Å²) in [5.74, 6) is -1.81. The van der Waals surface area contributed by atoms with Crippen LogP contribution in [0, 0.1) is 11.6 Å². The van der Waals surface area contributed by atoms with E-state index in [-0.39, 0.29) is 46.4 Å². The first-order chi connectivity index (χ1) is 16.9. The molecule has 0 saturated heterocycles. The fourth-order valence-corrected chi connectivity index (χ4v) is 4.76.